The fourth-order valence-electron chi connectivity index (χ4n) is 1.53. The molecule has 5 nitrogen and oxygen atoms in total. The molecule has 98 valence electrons. The Morgan fingerprint density at radius 1 is 1.39 bits per heavy atom. The van der Waals surface area contributed by atoms with E-state index in [4.69, 9.17) is 10.3 Å². The van der Waals surface area contributed by atoms with E-state index >= 15 is 0 Å². The van der Waals surface area contributed by atoms with E-state index in [0.29, 0.717) is 30.5 Å². The van der Waals surface area contributed by atoms with Crippen LogP contribution in [0.4, 0.5) is 0 Å². The van der Waals surface area contributed by atoms with Crippen LogP contribution in [0, 0.1) is 12.8 Å². The Hall–Kier alpha value is -1.27. The first-order chi connectivity index (χ1) is 8.54. The van der Waals surface area contributed by atoms with Gasteiger partial charge in [-0.05, 0) is 12.8 Å². The largest absolute Gasteiger partial charge is 0.339 e. The monoisotopic (exact) mass is 266 g/mol. The fraction of sp³-hybridized carbons (Fsp3) is 0.583. The van der Waals surface area contributed by atoms with Crippen molar-refractivity contribution in [3.8, 4) is 0 Å². The molecule has 0 saturated carbocycles. The maximum absolute atomic E-state index is 5.98. The number of hydrogen-bond donors (Lipinski definition) is 1. The molecule has 18 heavy (non-hydrogen) atoms. The third-order valence-corrected chi connectivity index (χ3v) is 3.60. The minimum atomic E-state index is 0.0554. The fourth-order valence-corrected chi connectivity index (χ4v) is 2.15. The van der Waals surface area contributed by atoms with Gasteiger partial charge in [0, 0.05) is 17.8 Å². The van der Waals surface area contributed by atoms with Gasteiger partial charge in [-0.1, -0.05) is 19.0 Å². The Bertz CT molecular complexity index is 506. The summed E-state index contributed by atoms with van der Waals surface area (Å²) in [5.74, 6) is 1.69. The third-order valence-electron chi connectivity index (χ3n) is 2.78. The van der Waals surface area contributed by atoms with Crippen molar-refractivity contribution in [2.45, 2.75) is 39.7 Å². The average Bonchev–Trinajstić information content (AvgIpc) is 2.89. The van der Waals surface area contributed by atoms with Crippen LogP contribution < -0.4 is 5.73 Å². The number of rotatable bonds is 5. The topological polar surface area (TPSA) is 77.8 Å². The number of aryl methyl sites for hydroxylation is 1. The molecular weight excluding hydrogens is 248 g/mol. The summed E-state index contributed by atoms with van der Waals surface area (Å²) < 4.78 is 5.20. The van der Waals surface area contributed by atoms with Gasteiger partial charge in [0.1, 0.15) is 0 Å². The standard InChI is InChI=1S/C12H18N4OS/c1-7(2)10(13)5-12-15-11(16-17-12)4-9-6-18-8(3)14-9/h6-7,10H,4-5,13H2,1-3H3. The molecular formula is C12H18N4OS. The van der Waals surface area contributed by atoms with Gasteiger partial charge in [-0.25, -0.2) is 4.98 Å². The molecule has 0 spiro atoms. The lowest BCUT2D eigenvalue weighted by molar-refractivity contribution is 0.350. The van der Waals surface area contributed by atoms with Crippen molar-refractivity contribution in [2.75, 3.05) is 0 Å². The number of hydrogen-bond acceptors (Lipinski definition) is 6. The predicted octanol–water partition coefficient (Wildman–Crippen LogP) is 1.95. The van der Waals surface area contributed by atoms with Gasteiger partial charge in [0.05, 0.1) is 17.1 Å². The van der Waals surface area contributed by atoms with Gasteiger partial charge in [0.25, 0.3) is 0 Å². The van der Waals surface area contributed by atoms with E-state index in [1.165, 1.54) is 0 Å². The Morgan fingerprint density at radius 2 is 2.17 bits per heavy atom. The van der Waals surface area contributed by atoms with Crippen molar-refractivity contribution in [2.24, 2.45) is 11.7 Å². The Balaban J connectivity index is 1.98. The van der Waals surface area contributed by atoms with Crippen LogP contribution in [0.25, 0.3) is 0 Å². The van der Waals surface area contributed by atoms with Crippen LogP contribution in [-0.2, 0) is 12.8 Å². The molecule has 6 heteroatoms. The molecule has 1 atom stereocenters. The van der Waals surface area contributed by atoms with Crippen LogP contribution in [0.2, 0.25) is 0 Å². The molecule has 1 unspecified atom stereocenters. The smallest absolute Gasteiger partial charge is 0.228 e. The lowest BCUT2D eigenvalue weighted by atomic mass is 10.0. The highest BCUT2D eigenvalue weighted by Gasteiger charge is 2.14. The zero-order valence-corrected chi connectivity index (χ0v) is 11.7. The zero-order valence-electron chi connectivity index (χ0n) is 10.9. The lowest BCUT2D eigenvalue weighted by Gasteiger charge is -2.11. The van der Waals surface area contributed by atoms with Gasteiger partial charge < -0.3 is 10.3 Å². The number of thiazole rings is 1. The van der Waals surface area contributed by atoms with E-state index in [0.717, 1.165) is 10.7 Å². The maximum atomic E-state index is 5.98. The van der Waals surface area contributed by atoms with Crippen molar-refractivity contribution in [3.05, 3.63) is 27.8 Å². The highest BCUT2D eigenvalue weighted by molar-refractivity contribution is 7.09. The molecule has 2 aromatic heterocycles. The molecule has 0 amide bonds. The summed E-state index contributed by atoms with van der Waals surface area (Å²) in [6.45, 7) is 6.15. The zero-order chi connectivity index (χ0) is 13.1. The second-order valence-electron chi connectivity index (χ2n) is 4.75. The molecule has 0 aliphatic rings. The second kappa shape index (κ2) is 5.58. The number of nitrogens with zero attached hydrogens (tertiary/aromatic N) is 3. The summed E-state index contributed by atoms with van der Waals surface area (Å²) >= 11 is 1.63. The molecule has 0 bridgehead atoms. The van der Waals surface area contributed by atoms with E-state index in [2.05, 4.69) is 29.0 Å². The number of nitrogens with two attached hydrogens (primary N) is 1. The first-order valence-electron chi connectivity index (χ1n) is 6.02. The summed E-state index contributed by atoms with van der Waals surface area (Å²) in [6, 6.07) is 0.0554. The van der Waals surface area contributed by atoms with E-state index in [1.54, 1.807) is 11.3 Å². The Labute approximate surface area is 110 Å². The molecule has 0 aliphatic carbocycles. The average molecular weight is 266 g/mol. The van der Waals surface area contributed by atoms with Crippen molar-refractivity contribution in [3.63, 3.8) is 0 Å². The molecule has 2 rings (SSSR count). The molecule has 0 fully saturated rings. The first-order valence-corrected chi connectivity index (χ1v) is 6.90. The van der Waals surface area contributed by atoms with Crippen molar-refractivity contribution < 1.29 is 4.52 Å². The summed E-state index contributed by atoms with van der Waals surface area (Å²) in [7, 11) is 0. The van der Waals surface area contributed by atoms with Gasteiger partial charge in [-0.15, -0.1) is 11.3 Å². The van der Waals surface area contributed by atoms with Crippen LogP contribution in [0.3, 0.4) is 0 Å². The van der Waals surface area contributed by atoms with E-state index < -0.39 is 0 Å². The van der Waals surface area contributed by atoms with E-state index in [9.17, 15) is 0 Å². The predicted molar refractivity (Wildman–Crippen MR) is 70.5 cm³/mol. The Kier molecular flexibility index (Phi) is 4.08. The highest BCUT2D eigenvalue weighted by Crippen LogP contribution is 2.12. The van der Waals surface area contributed by atoms with Crippen molar-refractivity contribution in [1.29, 1.82) is 0 Å². The van der Waals surface area contributed by atoms with Crippen LogP contribution in [0.15, 0.2) is 9.90 Å². The molecule has 0 saturated heterocycles. The van der Waals surface area contributed by atoms with Gasteiger partial charge >= 0.3 is 0 Å². The maximum Gasteiger partial charge on any atom is 0.228 e. The summed E-state index contributed by atoms with van der Waals surface area (Å²) in [5.41, 5.74) is 6.96. The summed E-state index contributed by atoms with van der Waals surface area (Å²) in [4.78, 5) is 8.72. The minimum absolute atomic E-state index is 0.0554. The van der Waals surface area contributed by atoms with Crippen molar-refractivity contribution >= 4 is 11.3 Å². The minimum Gasteiger partial charge on any atom is -0.339 e. The summed E-state index contributed by atoms with van der Waals surface area (Å²) in [5, 5.41) is 7.03. The van der Waals surface area contributed by atoms with Crippen LogP contribution in [-0.4, -0.2) is 21.2 Å². The van der Waals surface area contributed by atoms with E-state index in [-0.39, 0.29) is 6.04 Å². The van der Waals surface area contributed by atoms with Crippen LogP contribution in [0.5, 0.6) is 0 Å². The normalized spacial score (nSPS) is 13.2. The molecule has 0 aliphatic heterocycles. The summed E-state index contributed by atoms with van der Waals surface area (Å²) in [6.07, 6.45) is 1.24. The van der Waals surface area contributed by atoms with Gasteiger partial charge in [-0.2, -0.15) is 4.98 Å². The molecule has 2 aromatic rings. The molecule has 0 radical (unpaired) electrons. The van der Waals surface area contributed by atoms with E-state index in [1.807, 2.05) is 12.3 Å². The molecule has 0 aromatic carbocycles. The van der Waals surface area contributed by atoms with Gasteiger partial charge in [-0.3, -0.25) is 0 Å². The first kappa shape index (κ1) is 13.2. The highest BCUT2D eigenvalue weighted by atomic mass is 32.1. The van der Waals surface area contributed by atoms with Gasteiger partial charge in [0.15, 0.2) is 5.82 Å². The second-order valence-corrected chi connectivity index (χ2v) is 5.81. The lowest BCUT2D eigenvalue weighted by Crippen LogP contribution is -2.28. The van der Waals surface area contributed by atoms with Crippen LogP contribution >= 0.6 is 11.3 Å². The molecule has 2 heterocycles. The quantitative estimate of drug-likeness (QED) is 0.895. The van der Waals surface area contributed by atoms with Crippen molar-refractivity contribution in [1.82, 2.24) is 15.1 Å². The SMILES string of the molecule is Cc1nc(Cc2noc(CC(N)C(C)C)n2)cs1. The van der Waals surface area contributed by atoms with Crippen LogP contribution in [0.1, 0.15) is 36.3 Å². The number of aromatic nitrogens is 3. The molecule has 2 N–H and O–H groups in total. The third kappa shape index (κ3) is 3.36. The Morgan fingerprint density at radius 3 is 2.78 bits per heavy atom. The van der Waals surface area contributed by atoms with Gasteiger partial charge in [0.2, 0.25) is 5.89 Å².